The first-order valence-corrected chi connectivity index (χ1v) is 9.88. The molecule has 0 aliphatic carbocycles. The molecule has 0 spiro atoms. The number of non-ortho nitro benzene ring substituents is 1. The number of allylic oxidation sites excluding steroid dienone is 1. The van der Waals surface area contributed by atoms with Crippen LogP contribution in [0, 0.1) is 10.1 Å². The molecule has 2 aromatic carbocycles. The van der Waals surface area contributed by atoms with Crippen LogP contribution in [0.25, 0.3) is 23.1 Å². The van der Waals surface area contributed by atoms with Crippen LogP contribution in [-0.4, -0.2) is 15.3 Å². The van der Waals surface area contributed by atoms with E-state index < -0.39 is 4.92 Å². The van der Waals surface area contributed by atoms with E-state index in [-0.39, 0.29) is 17.2 Å². The van der Waals surface area contributed by atoms with Crippen LogP contribution in [0.2, 0.25) is 10.0 Å². The molecule has 0 saturated heterocycles. The molecule has 2 heterocycles. The second-order valence-electron chi connectivity index (χ2n) is 6.57. The van der Waals surface area contributed by atoms with Crippen molar-refractivity contribution >= 4 is 40.7 Å². The van der Waals surface area contributed by atoms with Crippen molar-refractivity contribution in [1.29, 1.82) is 0 Å². The SMILES string of the molecule is O=C(/C=C/c1cccn1-c1ccc([N+](=O)[O-])cc1)c1ccc(-c2ccc(Cl)c(Cl)c2)o1. The Morgan fingerprint density at radius 2 is 1.77 bits per heavy atom. The summed E-state index contributed by atoms with van der Waals surface area (Å²) >= 11 is 12.0. The van der Waals surface area contributed by atoms with Crippen molar-refractivity contribution in [2.45, 2.75) is 0 Å². The van der Waals surface area contributed by atoms with Gasteiger partial charge >= 0.3 is 0 Å². The molecule has 0 aliphatic rings. The molecule has 154 valence electrons. The number of hydrogen-bond acceptors (Lipinski definition) is 4. The highest BCUT2D eigenvalue weighted by molar-refractivity contribution is 6.42. The summed E-state index contributed by atoms with van der Waals surface area (Å²) in [7, 11) is 0. The number of furan rings is 1. The first-order chi connectivity index (χ1) is 14.9. The lowest BCUT2D eigenvalue weighted by Crippen LogP contribution is -1.96. The third kappa shape index (κ3) is 4.45. The molecular formula is C23H14Cl2N2O4. The Kier molecular flexibility index (Phi) is 5.75. The number of benzene rings is 2. The van der Waals surface area contributed by atoms with Crippen molar-refractivity contribution < 1.29 is 14.1 Å². The van der Waals surface area contributed by atoms with Gasteiger partial charge in [0.1, 0.15) is 5.76 Å². The maximum atomic E-state index is 12.6. The van der Waals surface area contributed by atoms with E-state index >= 15 is 0 Å². The second-order valence-corrected chi connectivity index (χ2v) is 7.38. The Balaban J connectivity index is 1.53. The van der Waals surface area contributed by atoms with Crippen molar-refractivity contribution in [2.75, 3.05) is 0 Å². The van der Waals surface area contributed by atoms with Gasteiger partial charge in [0.05, 0.1) is 15.0 Å². The highest BCUT2D eigenvalue weighted by Gasteiger charge is 2.12. The minimum atomic E-state index is -0.450. The zero-order chi connectivity index (χ0) is 22.0. The quantitative estimate of drug-likeness (QED) is 0.138. The number of hydrogen-bond donors (Lipinski definition) is 0. The molecule has 0 fully saturated rings. The standard InChI is InChI=1S/C23H14Cl2N2O4/c24-19-9-3-15(14-20(19)25)22-11-12-23(31-22)21(28)10-8-16-2-1-13-26(16)17-4-6-18(7-5-17)27(29)30/h1-14H/b10-8+. The van der Waals surface area contributed by atoms with E-state index in [4.69, 9.17) is 27.6 Å². The fourth-order valence-corrected chi connectivity index (χ4v) is 3.32. The van der Waals surface area contributed by atoms with Crippen molar-refractivity contribution in [3.8, 4) is 17.0 Å². The largest absolute Gasteiger partial charge is 0.453 e. The van der Waals surface area contributed by atoms with Crippen molar-refractivity contribution in [2.24, 2.45) is 0 Å². The van der Waals surface area contributed by atoms with Gasteiger partial charge in [0.25, 0.3) is 5.69 Å². The van der Waals surface area contributed by atoms with Crippen LogP contribution in [0.4, 0.5) is 5.69 Å². The third-order valence-electron chi connectivity index (χ3n) is 4.58. The number of nitrogens with zero attached hydrogens (tertiary/aromatic N) is 2. The monoisotopic (exact) mass is 452 g/mol. The topological polar surface area (TPSA) is 78.3 Å². The molecule has 0 amide bonds. The molecule has 0 radical (unpaired) electrons. The van der Waals surface area contributed by atoms with E-state index in [0.29, 0.717) is 21.4 Å². The number of carbonyl (C=O) groups is 1. The predicted octanol–water partition coefficient (Wildman–Crippen LogP) is 6.85. The van der Waals surface area contributed by atoms with Crippen LogP contribution >= 0.6 is 23.2 Å². The highest BCUT2D eigenvalue weighted by atomic mass is 35.5. The lowest BCUT2D eigenvalue weighted by atomic mass is 10.2. The van der Waals surface area contributed by atoms with Crippen LogP contribution in [0.1, 0.15) is 16.2 Å². The number of nitro benzene ring substituents is 1. The van der Waals surface area contributed by atoms with Gasteiger partial charge in [-0.25, -0.2) is 0 Å². The molecule has 8 heteroatoms. The van der Waals surface area contributed by atoms with Gasteiger partial charge in [0.2, 0.25) is 5.78 Å². The summed E-state index contributed by atoms with van der Waals surface area (Å²) in [5.74, 6) is 0.387. The summed E-state index contributed by atoms with van der Waals surface area (Å²) in [5.41, 5.74) is 2.20. The van der Waals surface area contributed by atoms with Crippen LogP contribution in [-0.2, 0) is 0 Å². The van der Waals surface area contributed by atoms with E-state index in [0.717, 1.165) is 11.4 Å². The molecule has 0 bridgehead atoms. The van der Waals surface area contributed by atoms with E-state index in [1.54, 1.807) is 54.7 Å². The molecule has 0 saturated carbocycles. The Morgan fingerprint density at radius 1 is 1.00 bits per heavy atom. The average molecular weight is 453 g/mol. The molecule has 0 aliphatic heterocycles. The number of halogens is 2. The predicted molar refractivity (Wildman–Crippen MR) is 120 cm³/mol. The normalized spacial score (nSPS) is 11.2. The molecule has 31 heavy (non-hydrogen) atoms. The molecule has 0 unspecified atom stereocenters. The summed E-state index contributed by atoms with van der Waals surface area (Å²) < 4.78 is 7.49. The van der Waals surface area contributed by atoms with Gasteiger partial charge in [-0.05, 0) is 66.7 Å². The number of nitro groups is 1. The van der Waals surface area contributed by atoms with Crippen LogP contribution in [0.15, 0.2) is 83.4 Å². The van der Waals surface area contributed by atoms with Gasteiger partial charge in [-0.2, -0.15) is 0 Å². The van der Waals surface area contributed by atoms with Gasteiger partial charge in [0, 0.05) is 35.3 Å². The van der Waals surface area contributed by atoms with Gasteiger partial charge in [-0.1, -0.05) is 23.2 Å². The van der Waals surface area contributed by atoms with E-state index in [9.17, 15) is 14.9 Å². The summed E-state index contributed by atoms with van der Waals surface area (Å²) in [4.78, 5) is 22.9. The van der Waals surface area contributed by atoms with Crippen molar-refractivity contribution in [3.05, 3.63) is 111 Å². The van der Waals surface area contributed by atoms with Crippen LogP contribution < -0.4 is 0 Å². The van der Waals surface area contributed by atoms with E-state index in [1.807, 2.05) is 16.7 Å². The molecule has 4 rings (SSSR count). The van der Waals surface area contributed by atoms with Crippen molar-refractivity contribution in [1.82, 2.24) is 4.57 Å². The maximum Gasteiger partial charge on any atom is 0.269 e. The Morgan fingerprint density at radius 3 is 2.48 bits per heavy atom. The summed E-state index contributed by atoms with van der Waals surface area (Å²) in [6, 6.07) is 18.2. The number of aromatic nitrogens is 1. The molecule has 0 atom stereocenters. The second kappa shape index (κ2) is 8.63. The smallest absolute Gasteiger partial charge is 0.269 e. The van der Waals surface area contributed by atoms with Gasteiger partial charge in [-0.15, -0.1) is 0 Å². The van der Waals surface area contributed by atoms with Gasteiger partial charge in [-0.3, -0.25) is 14.9 Å². The lowest BCUT2D eigenvalue weighted by Gasteiger charge is -2.06. The number of rotatable bonds is 6. The number of ketones is 1. The highest BCUT2D eigenvalue weighted by Crippen LogP contribution is 2.29. The van der Waals surface area contributed by atoms with Gasteiger partial charge < -0.3 is 8.98 Å². The molecular weight excluding hydrogens is 439 g/mol. The van der Waals surface area contributed by atoms with E-state index in [2.05, 4.69) is 0 Å². The summed E-state index contributed by atoms with van der Waals surface area (Å²) in [6.07, 6.45) is 4.88. The zero-order valence-corrected chi connectivity index (χ0v) is 17.4. The Hall–Kier alpha value is -3.61. The van der Waals surface area contributed by atoms with E-state index in [1.165, 1.54) is 18.2 Å². The first kappa shape index (κ1) is 20.7. The average Bonchev–Trinajstić information content (AvgIpc) is 3.44. The Bertz CT molecular complexity index is 1300. The molecule has 6 nitrogen and oxygen atoms in total. The van der Waals surface area contributed by atoms with Crippen LogP contribution in [0.3, 0.4) is 0 Å². The molecule has 2 aromatic heterocycles. The molecule has 0 N–H and O–H groups in total. The third-order valence-corrected chi connectivity index (χ3v) is 5.32. The maximum absolute atomic E-state index is 12.6. The minimum absolute atomic E-state index is 0.0128. The summed E-state index contributed by atoms with van der Waals surface area (Å²) in [5, 5.41) is 11.7. The van der Waals surface area contributed by atoms with Crippen LogP contribution in [0.5, 0.6) is 0 Å². The van der Waals surface area contributed by atoms with Gasteiger partial charge in [0.15, 0.2) is 5.76 Å². The first-order valence-electron chi connectivity index (χ1n) is 9.12. The molecule has 4 aromatic rings. The minimum Gasteiger partial charge on any atom is -0.453 e. The summed E-state index contributed by atoms with van der Waals surface area (Å²) in [6.45, 7) is 0. The fraction of sp³-hybridized carbons (Fsp3) is 0. The van der Waals surface area contributed by atoms with Crippen molar-refractivity contribution in [3.63, 3.8) is 0 Å². The zero-order valence-electron chi connectivity index (χ0n) is 15.9. The Labute approximate surface area is 187 Å². The number of carbonyl (C=O) groups excluding carboxylic acids is 1. The fourth-order valence-electron chi connectivity index (χ4n) is 3.02. The lowest BCUT2D eigenvalue weighted by molar-refractivity contribution is -0.384.